The van der Waals surface area contributed by atoms with Gasteiger partial charge in [-0.3, -0.25) is 4.79 Å². The van der Waals surface area contributed by atoms with Gasteiger partial charge in [0.15, 0.2) is 5.65 Å². The van der Waals surface area contributed by atoms with Crippen LogP contribution in [0.25, 0.3) is 5.65 Å². The van der Waals surface area contributed by atoms with Crippen molar-refractivity contribution in [2.75, 3.05) is 5.32 Å². The summed E-state index contributed by atoms with van der Waals surface area (Å²) in [5, 5.41) is 12.4. The van der Waals surface area contributed by atoms with Crippen LogP contribution in [0.3, 0.4) is 0 Å². The second-order valence-corrected chi connectivity index (χ2v) is 7.75. The predicted molar refractivity (Wildman–Crippen MR) is 103 cm³/mol. The normalized spacial score (nSPS) is 11.2. The first-order chi connectivity index (χ1) is 12.5. The molecule has 0 atom stereocenters. The van der Waals surface area contributed by atoms with Crippen LogP contribution in [0.4, 0.5) is 5.69 Å². The number of rotatable bonds is 6. The number of benzene rings is 1. The number of thioether (sulfide) groups is 1. The van der Waals surface area contributed by atoms with E-state index in [0.717, 1.165) is 21.7 Å². The van der Waals surface area contributed by atoms with Crippen LogP contribution in [0.1, 0.15) is 26.3 Å². The van der Waals surface area contributed by atoms with Gasteiger partial charge < -0.3 is 5.32 Å². The molecule has 3 aromatic rings. The maximum Gasteiger partial charge on any atom is 0.367 e. The van der Waals surface area contributed by atoms with Crippen molar-refractivity contribution in [1.29, 1.82) is 0 Å². The molecule has 2 heterocycles. The second-order valence-electron chi connectivity index (χ2n) is 6.15. The van der Waals surface area contributed by atoms with E-state index in [-0.39, 0.29) is 12.5 Å². The molecule has 1 N–H and O–H groups in total. The van der Waals surface area contributed by atoms with Crippen molar-refractivity contribution >= 4 is 29.0 Å². The van der Waals surface area contributed by atoms with Crippen LogP contribution in [-0.4, -0.2) is 30.6 Å². The van der Waals surface area contributed by atoms with Gasteiger partial charge in [0.1, 0.15) is 11.6 Å². The lowest BCUT2D eigenvalue weighted by Crippen LogP contribution is -2.28. The van der Waals surface area contributed by atoms with Gasteiger partial charge in [-0.05, 0) is 36.2 Å². The lowest BCUT2D eigenvalue weighted by molar-refractivity contribution is -0.117. The SMILES string of the molecule is CCc1cccc(NC(=O)Cn2nc3ccc(SC(C)C)nn3c2=O)c1. The van der Waals surface area contributed by atoms with Gasteiger partial charge in [-0.1, -0.05) is 32.9 Å². The third kappa shape index (κ3) is 4.13. The highest BCUT2D eigenvalue weighted by molar-refractivity contribution is 7.99. The number of anilines is 1. The van der Waals surface area contributed by atoms with Gasteiger partial charge in [-0.2, -0.15) is 9.61 Å². The molecule has 26 heavy (non-hydrogen) atoms. The molecule has 7 nitrogen and oxygen atoms in total. The van der Waals surface area contributed by atoms with Crippen molar-refractivity contribution in [3.05, 3.63) is 52.4 Å². The van der Waals surface area contributed by atoms with Crippen LogP contribution >= 0.6 is 11.8 Å². The van der Waals surface area contributed by atoms with Crippen LogP contribution in [0.5, 0.6) is 0 Å². The van der Waals surface area contributed by atoms with Crippen LogP contribution in [0.2, 0.25) is 0 Å². The first kappa shape index (κ1) is 18.2. The zero-order valence-electron chi connectivity index (χ0n) is 15.0. The number of carbonyl (C=O) groups excluding carboxylic acids is 1. The van der Waals surface area contributed by atoms with E-state index in [1.165, 1.54) is 4.52 Å². The molecule has 3 rings (SSSR count). The predicted octanol–water partition coefficient (Wildman–Crippen LogP) is 2.59. The number of aromatic nitrogens is 4. The van der Waals surface area contributed by atoms with Gasteiger partial charge in [0.05, 0.1) is 0 Å². The molecule has 0 aliphatic heterocycles. The van der Waals surface area contributed by atoms with Gasteiger partial charge >= 0.3 is 5.69 Å². The molecular weight excluding hydrogens is 350 g/mol. The fourth-order valence-corrected chi connectivity index (χ4v) is 3.26. The molecule has 0 radical (unpaired) electrons. The highest BCUT2D eigenvalue weighted by Crippen LogP contribution is 2.19. The molecule has 0 saturated carbocycles. The first-order valence-corrected chi connectivity index (χ1v) is 9.36. The Hall–Kier alpha value is -2.61. The Morgan fingerprint density at radius 1 is 1.23 bits per heavy atom. The second kappa shape index (κ2) is 7.74. The molecule has 0 aliphatic rings. The van der Waals surface area contributed by atoms with Crippen molar-refractivity contribution < 1.29 is 4.79 Å². The number of hydrogen-bond donors (Lipinski definition) is 1. The number of hydrogen-bond acceptors (Lipinski definition) is 5. The average molecular weight is 371 g/mol. The summed E-state index contributed by atoms with van der Waals surface area (Å²) < 4.78 is 2.36. The number of amides is 1. The summed E-state index contributed by atoms with van der Waals surface area (Å²) in [4.78, 5) is 24.7. The summed E-state index contributed by atoms with van der Waals surface area (Å²) in [5.41, 5.74) is 1.83. The maximum absolute atomic E-state index is 12.5. The average Bonchev–Trinajstić information content (AvgIpc) is 2.90. The monoisotopic (exact) mass is 371 g/mol. The van der Waals surface area contributed by atoms with E-state index in [0.29, 0.717) is 16.6 Å². The minimum absolute atomic E-state index is 0.162. The Labute approximate surface area is 155 Å². The van der Waals surface area contributed by atoms with Gasteiger partial charge in [0.25, 0.3) is 0 Å². The Kier molecular flexibility index (Phi) is 5.41. The molecule has 1 amide bonds. The topological polar surface area (TPSA) is 81.3 Å². The number of nitrogens with zero attached hydrogens (tertiary/aromatic N) is 4. The Morgan fingerprint density at radius 3 is 2.77 bits per heavy atom. The highest BCUT2D eigenvalue weighted by Gasteiger charge is 2.13. The van der Waals surface area contributed by atoms with Crippen molar-refractivity contribution in [1.82, 2.24) is 19.4 Å². The van der Waals surface area contributed by atoms with E-state index in [2.05, 4.69) is 36.3 Å². The summed E-state index contributed by atoms with van der Waals surface area (Å²) in [6.45, 7) is 6.00. The van der Waals surface area contributed by atoms with Gasteiger partial charge in [0.2, 0.25) is 5.91 Å². The standard InChI is InChI=1S/C18H21N5O2S/c1-4-13-6-5-7-14(10-13)19-16(24)11-22-18(25)23-15(20-22)8-9-17(21-23)26-12(2)3/h5-10,12H,4,11H2,1-3H3,(H,19,24). The molecular formula is C18H21N5O2S. The number of nitrogens with one attached hydrogen (secondary N) is 1. The largest absolute Gasteiger partial charge is 0.367 e. The quantitative estimate of drug-likeness (QED) is 0.674. The van der Waals surface area contributed by atoms with Crippen molar-refractivity contribution in [2.45, 2.75) is 44.0 Å². The summed E-state index contributed by atoms with van der Waals surface area (Å²) >= 11 is 1.56. The molecule has 1 aromatic carbocycles. The van der Waals surface area contributed by atoms with Crippen molar-refractivity contribution in [3.63, 3.8) is 0 Å². The summed E-state index contributed by atoms with van der Waals surface area (Å²) in [6.07, 6.45) is 0.887. The van der Waals surface area contributed by atoms with Crippen LogP contribution < -0.4 is 11.0 Å². The fraction of sp³-hybridized carbons (Fsp3) is 0.333. The summed E-state index contributed by atoms with van der Waals surface area (Å²) in [6, 6.07) is 11.2. The van der Waals surface area contributed by atoms with E-state index in [1.807, 2.05) is 30.3 Å². The lowest BCUT2D eigenvalue weighted by atomic mass is 10.1. The molecule has 8 heteroatoms. The van der Waals surface area contributed by atoms with Crippen LogP contribution in [-0.2, 0) is 17.8 Å². The Morgan fingerprint density at radius 2 is 2.04 bits per heavy atom. The number of carbonyl (C=O) groups is 1. The summed E-state index contributed by atoms with van der Waals surface area (Å²) in [5.74, 6) is -0.305. The van der Waals surface area contributed by atoms with Gasteiger partial charge in [-0.25, -0.2) is 9.48 Å². The molecule has 0 aliphatic carbocycles. The van der Waals surface area contributed by atoms with E-state index in [1.54, 1.807) is 17.8 Å². The zero-order valence-corrected chi connectivity index (χ0v) is 15.8. The molecule has 0 spiro atoms. The molecule has 2 aromatic heterocycles. The fourth-order valence-electron chi connectivity index (χ4n) is 2.50. The molecule has 0 fully saturated rings. The maximum atomic E-state index is 12.5. The van der Waals surface area contributed by atoms with Crippen LogP contribution in [0, 0.1) is 0 Å². The Bertz CT molecular complexity index is 993. The molecule has 0 saturated heterocycles. The molecule has 0 unspecified atom stereocenters. The highest BCUT2D eigenvalue weighted by atomic mass is 32.2. The minimum atomic E-state index is -0.427. The van der Waals surface area contributed by atoms with E-state index >= 15 is 0 Å². The zero-order chi connectivity index (χ0) is 18.7. The smallest absolute Gasteiger partial charge is 0.324 e. The third-order valence-corrected chi connectivity index (χ3v) is 4.62. The Balaban J connectivity index is 1.78. The first-order valence-electron chi connectivity index (χ1n) is 8.48. The van der Waals surface area contributed by atoms with E-state index < -0.39 is 5.69 Å². The number of fused-ring (bicyclic) bond motifs is 1. The summed E-state index contributed by atoms with van der Waals surface area (Å²) in [7, 11) is 0. The van der Waals surface area contributed by atoms with Gasteiger partial charge in [-0.15, -0.1) is 16.9 Å². The van der Waals surface area contributed by atoms with E-state index in [9.17, 15) is 9.59 Å². The molecule has 0 bridgehead atoms. The minimum Gasteiger partial charge on any atom is -0.324 e. The lowest BCUT2D eigenvalue weighted by Gasteiger charge is -2.06. The third-order valence-electron chi connectivity index (χ3n) is 3.68. The van der Waals surface area contributed by atoms with Crippen LogP contribution in [0.15, 0.2) is 46.2 Å². The van der Waals surface area contributed by atoms with Crippen molar-refractivity contribution in [3.8, 4) is 0 Å². The van der Waals surface area contributed by atoms with E-state index in [4.69, 9.17) is 0 Å². The number of aryl methyl sites for hydroxylation is 1. The molecule has 136 valence electrons. The van der Waals surface area contributed by atoms with Crippen molar-refractivity contribution in [2.24, 2.45) is 0 Å². The van der Waals surface area contributed by atoms with Gasteiger partial charge in [0, 0.05) is 10.9 Å².